The van der Waals surface area contributed by atoms with Gasteiger partial charge in [0.05, 0.1) is 45.4 Å². The van der Waals surface area contributed by atoms with Crippen LogP contribution in [-0.2, 0) is 20.9 Å². The van der Waals surface area contributed by atoms with Crippen LogP contribution in [0.1, 0.15) is 132 Å². The molecule has 4 atom stereocenters. The van der Waals surface area contributed by atoms with Gasteiger partial charge in [-0.2, -0.15) is 5.26 Å². The van der Waals surface area contributed by atoms with E-state index in [9.17, 15) is 29.5 Å². The number of nitrogens with one attached hydrogen (secondary N) is 1. The summed E-state index contributed by atoms with van der Waals surface area (Å²) in [5.41, 5.74) is 6.75. The number of hydrogen-bond acceptors (Lipinski definition) is 10. The van der Waals surface area contributed by atoms with Gasteiger partial charge in [-0.1, -0.05) is 103 Å². The number of aromatic nitrogens is 1. The number of nitrogens with zero attached hydrogens (tertiary/aromatic N) is 5. The summed E-state index contributed by atoms with van der Waals surface area (Å²) in [5.74, 6) is 7.12. The smallest absolute Gasteiger partial charge is 0.254 e. The number of carbonyl (C=O) groups is 4. The van der Waals surface area contributed by atoms with Gasteiger partial charge in [-0.3, -0.25) is 24.1 Å². The van der Waals surface area contributed by atoms with E-state index in [0.717, 1.165) is 28.8 Å². The summed E-state index contributed by atoms with van der Waals surface area (Å²) in [6.45, 7) is 20.5. The Balaban J connectivity index is 0.790. The van der Waals surface area contributed by atoms with Gasteiger partial charge in [-0.25, -0.2) is 4.98 Å². The van der Waals surface area contributed by atoms with Gasteiger partial charge in [-0.05, 0) is 84.0 Å². The highest BCUT2D eigenvalue weighted by atomic mass is 35.5. The van der Waals surface area contributed by atoms with Crippen LogP contribution in [0.15, 0.2) is 66.2 Å². The molecule has 14 heteroatoms. The fourth-order valence-corrected chi connectivity index (χ4v) is 12.9. The summed E-state index contributed by atoms with van der Waals surface area (Å²) < 4.78 is 6.48. The van der Waals surface area contributed by atoms with Crippen molar-refractivity contribution >= 4 is 46.4 Å². The van der Waals surface area contributed by atoms with E-state index in [2.05, 4.69) is 87.1 Å². The Kier molecular flexibility index (Phi) is 15.0. The minimum Gasteiger partial charge on any atom is -0.489 e. The molecule has 4 aromatic rings. The van der Waals surface area contributed by atoms with Crippen molar-refractivity contribution in [1.82, 2.24) is 25.0 Å². The number of carbonyl (C=O) groups excluding carboxylic acids is 4. The summed E-state index contributed by atoms with van der Waals surface area (Å²) in [6, 6.07) is 19.8. The van der Waals surface area contributed by atoms with Gasteiger partial charge in [0.2, 0.25) is 11.8 Å². The number of aliphatic hydroxyl groups is 1. The van der Waals surface area contributed by atoms with Crippen molar-refractivity contribution in [2.75, 3.05) is 26.2 Å². The van der Waals surface area contributed by atoms with E-state index in [-0.39, 0.29) is 71.9 Å². The van der Waals surface area contributed by atoms with E-state index >= 15 is 0 Å². The third kappa shape index (κ3) is 10.8. The molecule has 12 nitrogen and oxygen atoms in total. The van der Waals surface area contributed by atoms with Crippen molar-refractivity contribution < 1.29 is 29.0 Å². The number of ether oxygens (including phenoxy) is 1. The molecule has 4 heterocycles. The Morgan fingerprint density at radius 1 is 1.03 bits per heavy atom. The van der Waals surface area contributed by atoms with Crippen molar-refractivity contribution in [3.8, 4) is 34.1 Å². The summed E-state index contributed by atoms with van der Waals surface area (Å²) in [7, 11) is 0. The molecule has 0 spiro atoms. The van der Waals surface area contributed by atoms with E-state index < -0.39 is 23.6 Å². The van der Waals surface area contributed by atoms with Gasteiger partial charge in [-0.15, -0.1) is 11.3 Å². The molecule has 0 bridgehead atoms. The van der Waals surface area contributed by atoms with E-state index in [1.807, 2.05) is 61.2 Å². The fourth-order valence-electron chi connectivity index (χ4n) is 11.9. The maximum Gasteiger partial charge on any atom is 0.254 e. The quantitative estimate of drug-likeness (QED) is 0.111. The highest BCUT2D eigenvalue weighted by Crippen LogP contribution is 2.59. The van der Waals surface area contributed by atoms with Crippen LogP contribution in [-0.4, -0.2) is 105 Å². The van der Waals surface area contributed by atoms with Gasteiger partial charge in [0.15, 0.2) is 5.78 Å². The number of rotatable bonds is 15. The molecule has 1 saturated carbocycles. The topological polar surface area (TPSA) is 156 Å². The number of Topliss-reactive ketones (excluding diaryl/α,β-unsaturated/α-hetero) is 1. The van der Waals surface area contributed by atoms with E-state index in [1.165, 1.54) is 15.3 Å². The van der Waals surface area contributed by atoms with Crippen molar-refractivity contribution in [2.24, 2.45) is 22.2 Å². The number of aryl methyl sites for hydroxylation is 1. The van der Waals surface area contributed by atoms with E-state index in [0.29, 0.717) is 66.7 Å². The molecular formula is C57H67ClN6O6S. The number of benzene rings is 3. The molecule has 3 aromatic carbocycles. The summed E-state index contributed by atoms with van der Waals surface area (Å²) >= 11 is 7.93. The third-order valence-corrected chi connectivity index (χ3v) is 16.5. The first-order valence-electron chi connectivity index (χ1n) is 24.9. The van der Waals surface area contributed by atoms with Crippen molar-refractivity contribution in [2.45, 2.75) is 137 Å². The predicted molar refractivity (Wildman–Crippen MR) is 277 cm³/mol. The molecule has 8 rings (SSSR count). The van der Waals surface area contributed by atoms with Gasteiger partial charge >= 0.3 is 0 Å². The molecule has 1 aliphatic carbocycles. The van der Waals surface area contributed by atoms with Gasteiger partial charge < -0.3 is 25.0 Å². The third-order valence-electron chi connectivity index (χ3n) is 15.2. The highest BCUT2D eigenvalue weighted by Gasteiger charge is 2.67. The first kappa shape index (κ1) is 51.8. The molecule has 3 fully saturated rings. The van der Waals surface area contributed by atoms with Crippen molar-refractivity contribution in [3.63, 3.8) is 0 Å². The van der Waals surface area contributed by atoms with Gasteiger partial charge in [0.25, 0.3) is 5.91 Å². The molecule has 0 radical (unpaired) electrons. The lowest BCUT2D eigenvalue weighted by atomic mass is 9.49. The first-order valence-corrected chi connectivity index (χ1v) is 26.1. The number of ketones is 1. The highest BCUT2D eigenvalue weighted by molar-refractivity contribution is 7.13. The number of nitriles is 1. The molecule has 2 saturated heterocycles. The molecule has 1 aromatic heterocycles. The van der Waals surface area contributed by atoms with Crippen LogP contribution in [0.2, 0.25) is 5.02 Å². The lowest BCUT2D eigenvalue weighted by molar-refractivity contribution is -0.199. The number of thiazole rings is 1. The second-order valence-corrected chi connectivity index (χ2v) is 23.8. The minimum absolute atomic E-state index is 0.00441. The van der Waals surface area contributed by atoms with E-state index in [4.69, 9.17) is 16.3 Å². The molecule has 3 aliphatic heterocycles. The molecule has 0 unspecified atom stereocenters. The number of amides is 3. The van der Waals surface area contributed by atoms with Crippen molar-refractivity contribution in [3.05, 3.63) is 105 Å². The zero-order valence-corrected chi connectivity index (χ0v) is 44.0. The maximum atomic E-state index is 14.2. The number of fused-ring (bicyclic) bond motifs is 1. The predicted octanol–water partition coefficient (Wildman–Crippen LogP) is 9.19. The first-order chi connectivity index (χ1) is 33.6. The second kappa shape index (κ2) is 20.5. The molecular weight excluding hydrogens is 932 g/mol. The lowest BCUT2D eigenvalue weighted by Gasteiger charge is -2.65. The summed E-state index contributed by atoms with van der Waals surface area (Å²) in [5, 5.41) is 23.3. The van der Waals surface area contributed by atoms with Crippen molar-refractivity contribution in [1.29, 1.82) is 5.26 Å². The summed E-state index contributed by atoms with van der Waals surface area (Å²) in [4.78, 5) is 66.3. The SMILES string of the molecule is Cc1ncsc1-c1ccc([C@H](C)CCCC(=O)[C@@H]2C[C@@H](O)CN2C(=O)[C@@H](NC(=O)CN2CC(CC#Cc3ccc4c(c3)CN([C@H]3C(C)(C)[C@H](Oc5ccc(C#N)c(Cl)c5)C3(C)C)C4=O)C2)C(C)(C)C)cc1. The Hall–Kier alpha value is -5.57. The Bertz CT molecular complexity index is 2780. The minimum atomic E-state index is -0.872. The van der Waals surface area contributed by atoms with Crippen LogP contribution in [0.5, 0.6) is 5.75 Å². The van der Waals surface area contributed by atoms with Gasteiger partial charge in [0, 0.05) is 79.5 Å². The standard InChI is InChI=1S/C57H67ClN6O6S/c1-34(38-17-19-39(20-18-38)49-35(2)60-33-71-49)12-10-15-47(66)46-25-42(65)31-63(46)52(69)50(55(3,4)5)61-48(67)32-62-28-37(29-62)14-11-13-36-16-23-44-41(24-36)30-64(51(44)68)53-56(6,7)54(57(53,8)9)70-43-22-21-40(27-59)45(58)26-43/h16-24,26,33-34,37,42,46,50,53-54,65H,10,12,14-15,25,28-32H2,1-9H3,(H,61,67)/t34-,42-,46+,50-,53-,54-/m1/s1. The Labute approximate surface area is 428 Å². The van der Waals surface area contributed by atoms with Crippen LogP contribution in [0.3, 0.4) is 0 Å². The van der Waals surface area contributed by atoms with Crippen LogP contribution in [0, 0.1) is 52.3 Å². The monoisotopic (exact) mass is 998 g/mol. The summed E-state index contributed by atoms with van der Waals surface area (Å²) in [6.07, 6.45) is 1.63. The molecule has 374 valence electrons. The average Bonchev–Trinajstić information content (AvgIpc) is 4.01. The van der Waals surface area contributed by atoms with Crippen LogP contribution in [0.4, 0.5) is 0 Å². The zero-order chi connectivity index (χ0) is 51.2. The Morgan fingerprint density at radius 2 is 1.75 bits per heavy atom. The fraction of sp³-hybridized carbons (Fsp3) is 0.509. The largest absolute Gasteiger partial charge is 0.489 e. The number of hydrogen-bond donors (Lipinski definition) is 2. The maximum absolute atomic E-state index is 14.2. The van der Waals surface area contributed by atoms with Crippen LogP contribution in [0.25, 0.3) is 10.4 Å². The lowest BCUT2D eigenvalue weighted by Crippen LogP contribution is -2.74. The second-order valence-electron chi connectivity index (χ2n) is 22.6. The molecule has 71 heavy (non-hydrogen) atoms. The number of likely N-dealkylation sites (tertiary alicyclic amines) is 2. The van der Waals surface area contributed by atoms with Crippen LogP contribution >= 0.6 is 22.9 Å². The molecule has 3 amide bonds. The number of aliphatic hydroxyl groups excluding tert-OH is 1. The van der Waals surface area contributed by atoms with Gasteiger partial charge in [0.1, 0.15) is 24.0 Å². The number of β-amino-alcohol motifs (C(OH)–C–C–N with tert-alkyl or cyclic N) is 1. The average molecular weight is 1000 g/mol. The number of halogens is 1. The molecule has 2 N–H and O–H groups in total. The van der Waals surface area contributed by atoms with Crippen LogP contribution < -0.4 is 10.1 Å². The Morgan fingerprint density at radius 3 is 2.39 bits per heavy atom. The zero-order valence-electron chi connectivity index (χ0n) is 42.5. The van der Waals surface area contributed by atoms with E-state index in [1.54, 1.807) is 29.5 Å². The normalized spacial score (nSPS) is 22.3. The molecule has 4 aliphatic rings.